The molecule has 0 bridgehead atoms. The molecule has 0 radical (unpaired) electrons. The second-order valence-electron chi connectivity index (χ2n) is 11.3. The number of aryl methyl sites for hydroxylation is 2. The Morgan fingerprint density at radius 1 is 0.673 bits per heavy atom. The highest BCUT2D eigenvalue weighted by Crippen LogP contribution is 2.18. The van der Waals surface area contributed by atoms with Gasteiger partial charge in [0.05, 0.1) is 6.04 Å². The maximum atomic E-state index is 12.4. The van der Waals surface area contributed by atoms with Crippen LogP contribution in [0.2, 0.25) is 0 Å². The van der Waals surface area contributed by atoms with Gasteiger partial charge in [-0.2, -0.15) is 5.10 Å². The summed E-state index contributed by atoms with van der Waals surface area (Å²) in [5.74, 6) is 0.209. The van der Waals surface area contributed by atoms with Gasteiger partial charge in [-0.25, -0.2) is 19.0 Å². The van der Waals surface area contributed by atoms with Crippen LogP contribution in [0.1, 0.15) is 50.9 Å². The molecule has 0 aliphatic carbocycles. The molecule has 2 heterocycles. The van der Waals surface area contributed by atoms with Crippen molar-refractivity contribution in [2.75, 3.05) is 46.6 Å². The number of benzene rings is 2. The van der Waals surface area contributed by atoms with Gasteiger partial charge in [-0.15, -0.1) is 5.10 Å². The Kier molecular flexibility index (Phi) is 17.0. The number of nitrogens with two attached hydrogens (primary N) is 1. The highest BCUT2D eigenvalue weighted by Gasteiger charge is 2.17. The van der Waals surface area contributed by atoms with E-state index in [1.165, 1.54) is 19.5 Å². The third-order valence-corrected chi connectivity index (χ3v) is 8.23. The number of rotatable bonds is 12. The zero-order chi connectivity index (χ0) is 36.7. The summed E-state index contributed by atoms with van der Waals surface area (Å²) >= 11 is 3.01. The first-order valence-corrected chi connectivity index (χ1v) is 17.1. The van der Waals surface area contributed by atoms with E-state index >= 15 is 0 Å². The van der Waals surface area contributed by atoms with Crippen molar-refractivity contribution in [3.8, 4) is 0 Å². The van der Waals surface area contributed by atoms with Gasteiger partial charge in [0.1, 0.15) is 0 Å². The molecule has 2 aromatic carbocycles. The summed E-state index contributed by atoms with van der Waals surface area (Å²) in [7, 11) is 8.07. The number of aromatic nitrogens is 6. The Labute approximate surface area is 295 Å². The number of nitrogens with zero attached hydrogens (tertiary/aromatic N) is 8. The third-order valence-electron chi connectivity index (χ3n) is 7.74. The topological polar surface area (TPSA) is 158 Å². The molecule has 2 unspecified atom stereocenters. The van der Waals surface area contributed by atoms with Crippen molar-refractivity contribution >= 4 is 21.7 Å². The highest BCUT2D eigenvalue weighted by atomic mass is 79.9. The summed E-state index contributed by atoms with van der Waals surface area (Å²) in [6.45, 7) is 9.89. The van der Waals surface area contributed by atoms with E-state index in [1.54, 1.807) is 20.8 Å². The predicted molar refractivity (Wildman–Crippen MR) is 199 cm³/mol. The van der Waals surface area contributed by atoms with Crippen LogP contribution >= 0.6 is 15.9 Å². The van der Waals surface area contributed by atoms with Gasteiger partial charge in [0.15, 0.2) is 4.60 Å². The van der Waals surface area contributed by atoms with Crippen LogP contribution in [0.4, 0.5) is 5.82 Å². The van der Waals surface area contributed by atoms with E-state index in [0.717, 1.165) is 10.1 Å². The number of halogens is 1. The molecule has 15 heteroatoms. The molecule has 0 saturated heterocycles. The minimum atomic E-state index is -0.378. The van der Waals surface area contributed by atoms with Crippen LogP contribution < -0.4 is 33.5 Å². The zero-order valence-electron chi connectivity index (χ0n) is 29.8. The van der Waals surface area contributed by atoms with E-state index in [0.29, 0.717) is 45.3 Å². The lowest BCUT2D eigenvalue weighted by Crippen LogP contribution is -2.42. The quantitative estimate of drug-likeness (QED) is 0.221. The van der Waals surface area contributed by atoms with Crippen LogP contribution in [-0.4, -0.2) is 79.8 Å². The molecule has 268 valence electrons. The first-order valence-electron chi connectivity index (χ1n) is 16.3. The molecule has 3 N–H and O–H groups in total. The van der Waals surface area contributed by atoms with Crippen LogP contribution in [0.25, 0.3) is 0 Å². The van der Waals surface area contributed by atoms with E-state index in [1.807, 2.05) is 71.5 Å². The Balaban J connectivity index is 0.000000281. The molecule has 2 aromatic heterocycles. The largest absolute Gasteiger partial charge is 0.362 e. The maximum Gasteiger partial charge on any atom is 0.347 e. The minimum Gasteiger partial charge on any atom is -0.362 e. The number of anilines is 1. The van der Waals surface area contributed by atoms with Crippen molar-refractivity contribution in [2.24, 2.45) is 5.73 Å². The lowest BCUT2D eigenvalue weighted by Gasteiger charge is -2.25. The Morgan fingerprint density at radius 2 is 1.10 bits per heavy atom. The number of nitrogens with one attached hydrogen (secondary N) is 1. The van der Waals surface area contributed by atoms with Gasteiger partial charge in [0.2, 0.25) is 5.82 Å². The monoisotopic (exact) mass is 742 g/mol. The van der Waals surface area contributed by atoms with Crippen molar-refractivity contribution in [1.82, 2.24) is 38.5 Å². The molecule has 0 amide bonds. The average Bonchev–Trinajstić information content (AvgIpc) is 3.09. The van der Waals surface area contributed by atoms with Crippen molar-refractivity contribution in [3.05, 3.63) is 118 Å². The third kappa shape index (κ3) is 11.2. The summed E-state index contributed by atoms with van der Waals surface area (Å²) < 4.78 is 5.07. The molecule has 49 heavy (non-hydrogen) atoms. The van der Waals surface area contributed by atoms with Crippen LogP contribution in [0.15, 0.2) is 84.4 Å². The SMILES string of the molecule is CCn1nc(Br)c(=O)n(CC)c1=O.CCn1nc(NCC(c2ccccc2)N(C)C)c(=O)n(CC)c1=O.CN(C)C(CN)c1ccccc1. The van der Waals surface area contributed by atoms with Gasteiger partial charge in [-0.05, 0) is 82.9 Å². The van der Waals surface area contributed by atoms with Crippen LogP contribution in [0.5, 0.6) is 0 Å². The lowest BCUT2D eigenvalue weighted by atomic mass is 10.1. The molecular weight excluding hydrogens is 692 g/mol. The number of hydrogen-bond acceptors (Lipinski definition) is 10. The molecule has 0 aliphatic heterocycles. The van der Waals surface area contributed by atoms with Crippen LogP contribution in [0, 0.1) is 0 Å². The molecule has 0 spiro atoms. The van der Waals surface area contributed by atoms with E-state index in [9.17, 15) is 19.2 Å². The first kappa shape index (κ1) is 41.0. The zero-order valence-corrected chi connectivity index (χ0v) is 31.4. The van der Waals surface area contributed by atoms with Gasteiger partial charge in [0, 0.05) is 45.3 Å². The fraction of sp³-hybridized carbons (Fsp3) is 0.471. The van der Waals surface area contributed by atoms with Gasteiger partial charge in [-0.3, -0.25) is 18.7 Å². The molecule has 0 aliphatic rings. The van der Waals surface area contributed by atoms with Gasteiger partial charge >= 0.3 is 11.4 Å². The van der Waals surface area contributed by atoms with Gasteiger partial charge < -0.3 is 20.9 Å². The number of hydrogen-bond donors (Lipinski definition) is 2. The molecule has 0 fully saturated rings. The van der Waals surface area contributed by atoms with Crippen molar-refractivity contribution in [3.63, 3.8) is 0 Å². The smallest absolute Gasteiger partial charge is 0.347 e. The predicted octanol–water partition coefficient (Wildman–Crippen LogP) is 2.61. The summed E-state index contributed by atoms with van der Waals surface area (Å²) in [6, 6.07) is 20.8. The van der Waals surface area contributed by atoms with Crippen LogP contribution in [-0.2, 0) is 26.2 Å². The summed E-state index contributed by atoms with van der Waals surface area (Å²) in [4.78, 5) is 51.5. The summed E-state index contributed by atoms with van der Waals surface area (Å²) in [5, 5.41) is 11.1. The minimum absolute atomic E-state index is 0.0875. The molecule has 4 aromatic rings. The second-order valence-corrected chi connectivity index (χ2v) is 12.1. The maximum absolute atomic E-state index is 12.4. The number of likely N-dealkylation sites (N-methyl/N-ethyl adjacent to an activating group) is 2. The Morgan fingerprint density at radius 3 is 1.51 bits per heavy atom. The van der Waals surface area contributed by atoms with Crippen molar-refractivity contribution < 1.29 is 0 Å². The van der Waals surface area contributed by atoms with E-state index in [-0.39, 0.29) is 39.0 Å². The fourth-order valence-electron chi connectivity index (χ4n) is 4.96. The van der Waals surface area contributed by atoms with Gasteiger partial charge in [-0.1, -0.05) is 60.7 Å². The average molecular weight is 744 g/mol. The lowest BCUT2D eigenvalue weighted by molar-refractivity contribution is 0.306. The van der Waals surface area contributed by atoms with E-state index in [4.69, 9.17) is 5.73 Å². The normalized spacial score (nSPS) is 12.1. The molecule has 2 atom stereocenters. The highest BCUT2D eigenvalue weighted by molar-refractivity contribution is 9.10. The van der Waals surface area contributed by atoms with Gasteiger partial charge in [0.25, 0.3) is 11.1 Å². The molecule has 4 rings (SSSR count). The van der Waals surface area contributed by atoms with Crippen molar-refractivity contribution in [2.45, 2.75) is 66.0 Å². The summed E-state index contributed by atoms with van der Waals surface area (Å²) in [6.07, 6.45) is 0. The first-order chi connectivity index (χ1) is 23.4. The van der Waals surface area contributed by atoms with E-state index in [2.05, 4.69) is 65.5 Å². The van der Waals surface area contributed by atoms with Crippen molar-refractivity contribution in [1.29, 1.82) is 0 Å². The molecule has 0 saturated carbocycles. The Hall–Kier alpha value is -4.18. The fourth-order valence-corrected chi connectivity index (χ4v) is 5.36. The molecule has 14 nitrogen and oxygen atoms in total. The Bertz CT molecular complexity index is 1820. The van der Waals surface area contributed by atoms with Crippen LogP contribution in [0.3, 0.4) is 0 Å². The summed E-state index contributed by atoms with van der Waals surface area (Å²) in [5.41, 5.74) is 6.60. The van der Waals surface area contributed by atoms with E-state index < -0.39 is 0 Å². The second kappa shape index (κ2) is 20.4. The standard InChI is InChI=1S/C17H25N5O2.C10H16N2.C7H10BrN3O2/c1-5-21-16(23)15(19-22(6-2)17(21)24)18-12-14(20(3)4)13-10-8-7-9-11-13;1-12(2)10(8-11)9-6-4-3-5-7-9;1-3-10-6(12)5(8)9-11(4-2)7(10)13/h7-11,14H,5-6,12H2,1-4H3,(H,18,19);3-7,10H,8,11H2,1-2H3;3-4H2,1-2H3. The molecular formula is C34H51BrN10O4.